The molecule has 0 aliphatic rings. The number of benzene rings is 1. The molecule has 0 radical (unpaired) electrons. The van der Waals surface area contributed by atoms with Gasteiger partial charge in [0.2, 0.25) is 0 Å². The summed E-state index contributed by atoms with van der Waals surface area (Å²) in [5, 5.41) is 12.3. The Morgan fingerprint density at radius 3 is 2.83 bits per heavy atom. The minimum Gasteiger partial charge on any atom is -0.452 e. The predicted molar refractivity (Wildman–Crippen MR) is 64.5 cm³/mol. The summed E-state index contributed by atoms with van der Waals surface area (Å²) in [6.45, 7) is 4.76. The van der Waals surface area contributed by atoms with Crippen molar-refractivity contribution in [1.82, 2.24) is 0 Å². The molecule has 0 aliphatic heterocycles. The average molecular weight is 242 g/mol. The van der Waals surface area contributed by atoms with Crippen LogP contribution in [0.25, 0.3) is 10.4 Å². The molecule has 1 aromatic carbocycles. The summed E-state index contributed by atoms with van der Waals surface area (Å²) in [5.74, 6) is -0.549. The standard InChI is InChI=1S/C12H10N4O2/c1-8(7-13)12(18-9(2)17)10-5-3-4-6-11(10)15-16-14/h3-6,12H,1H2,2H3. The molecule has 6 nitrogen and oxygen atoms in total. The summed E-state index contributed by atoms with van der Waals surface area (Å²) in [4.78, 5) is 13.7. The van der Waals surface area contributed by atoms with Gasteiger partial charge in [-0.2, -0.15) is 5.26 Å². The maximum absolute atomic E-state index is 11.0. The minimum absolute atomic E-state index is 0.0609. The Morgan fingerprint density at radius 1 is 1.61 bits per heavy atom. The van der Waals surface area contributed by atoms with Gasteiger partial charge in [0.15, 0.2) is 6.10 Å². The van der Waals surface area contributed by atoms with Gasteiger partial charge in [-0.05, 0) is 5.53 Å². The highest BCUT2D eigenvalue weighted by atomic mass is 16.5. The Kier molecular flexibility index (Phi) is 4.50. The van der Waals surface area contributed by atoms with E-state index >= 15 is 0 Å². The van der Waals surface area contributed by atoms with Crippen LogP contribution in [0.2, 0.25) is 0 Å². The first-order valence-corrected chi connectivity index (χ1v) is 5.00. The number of nitriles is 1. The Morgan fingerprint density at radius 2 is 2.28 bits per heavy atom. The van der Waals surface area contributed by atoms with Crippen LogP contribution in [-0.4, -0.2) is 5.97 Å². The van der Waals surface area contributed by atoms with E-state index in [0.29, 0.717) is 11.3 Å². The van der Waals surface area contributed by atoms with Gasteiger partial charge in [0, 0.05) is 23.1 Å². The number of azide groups is 1. The van der Waals surface area contributed by atoms with E-state index in [9.17, 15) is 4.79 Å². The second-order valence-electron chi connectivity index (χ2n) is 3.37. The van der Waals surface area contributed by atoms with Crippen molar-refractivity contribution in [2.45, 2.75) is 13.0 Å². The van der Waals surface area contributed by atoms with Crippen molar-refractivity contribution >= 4 is 11.7 Å². The lowest BCUT2D eigenvalue weighted by atomic mass is 10.0. The highest BCUT2D eigenvalue weighted by molar-refractivity contribution is 5.67. The lowest BCUT2D eigenvalue weighted by molar-refractivity contribution is -0.144. The topological polar surface area (TPSA) is 98.8 Å². The van der Waals surface area contributed by atoms with Gasteiger partial charge in [0.1, 0.15) is 0 Å². The summed E-state index contributed by atoms with van der Waals surface area (Å²) < 4.78 is 5.03. The third-order valence-corrected chi connectivity index (χ3v) is 2.12. The van der Waals surface area contributed by atoms with E-state index in [0.717, 1.165) is 0 Å². The lowest BCUT2D eigenvalue weighted by Gasteiger charge is -2.17. The number of esters is 1. The van der Waals surface area contributed by atoms with Crippen molar-refractivity contribution in [2.24, 2.45) is 5.11 Å². The van der Waals surface area contributed by atoms with Crippen LogP contribution in [-0.2, 0) is 9.53 Å². The second-order valence-corrected chi connectivity index (χ2v) is 3.37. The predicted octanol–water partition coefficient (Wildman–Crippen LogP) is 3.31. The van der Waals surface area contributed by atoms with Crippen LogP contribution in [0.4, 0.5) is 5.69 Å². The van der Waals surface area contributed by atoms with E-state index < -0.39 is 12.1 Å². The van der Waals surface area contributed by atoms with Crippen molar-refractivity contribution in [3.05, 3.63) is 52.4 Å². The molecule has 0 bridgehead atoms. The fourth-order valence-corrected chi connectivity index (χ4v) is 1.40. The molecule has 90 valence electrons. The van der Waals surface area contributed by atoms with Crippen molar-refractivity contribution in [2.75, 3.05) is 0 Å². The largest absolute Gasteiger partial charge is 0.452 e. The number of hydrogen-bond donors (Lipinski definition) is 0. The molecular formula is C12H10N4O2. The Balaban J connectivity index is 3.29. The molecule has 0 spiro atoms. The summed E-state index contributed by atoms with van der Waals surface area (Å²) in [5.41, 5.74) is 9.25. The zero-order valence-corrected chi connectivity index (χ0v) is 9.70. The van der Waals surface area contributed by atoms with Crippen LogP contribution in [0.3, 0.4) is 0 Å². The number of ether oxygens (including phenoxy) is 1. The smallest absolute Gasteiger partial charge is 0.303 e. The van der Waals surface area contributed by atoms with Crippen LogP contribution in [0.1, 0.15) is 18.6 Å². The molecule has 0 N–H and O–H groups in total. The Labute approximate surface area is 104 Å². The van der Waals surface area contributed by atoms with Gasteiger partial charge < -0.3 is 4.74 Å². The molecule has 1 aromatic rings. The third kappa shape index (κ3) is 3.11. The van der Waals surface area contributed by atoms with Crippen LogP contribution in [0, 0.1) is 11.3 Å². The highest BCUT2D eigenvalue weighted by Crippen LogP contribution is 2.32. The molecule has 0 aromatic heterocycles. The number of nitrogens with zero attached hydrogens (tertiary/aromatic N) is 4. The maximum Gasteiger partial charge on any atom is 0.303 e. The molecule has 0 amide bonds. The van der Waals surface area contributed by atoms with Crippen molar-refractivity contribution in [3.8, 4) is 6.07 Å². The molecule has 1 rings (SSSR count). The zero-order valence-electron chi connectivity index (χ0n) is 9.70. The summed E-state index contributed by atoms with van der Waals surface area (Å²) in [7, 11) is 0. The van der Waals surface area contributed by atoms with E-state index in [1.54, 1.807) is 24.3 Å². The maximum atomic E-state index is 11.0. The molecule has 18 heavy (non-hydrogen) atoms. The van der Waals surface area contributed by atoms with E-state index in [-0.39, 0.29) is 5.57 Å². The number of carbonyl (C=O) groups is 1. The molecule has 0 saturated carbocycles. The molecule has 0 heterocycles. The second kappa shape index (κ2) is 6.09. The van der Waals surface area contributed by atoms with Crippen molar-refractivity contribution in [3.63, 3.8) is 0 Å². The molecule has 0 fully saturated rings. The van der Waals surface area contributed by atoms with Crippen molar-refractivity contribution < 1.29 is 9.53 Å². The van der Waals surface area contributed by atoms with E-state index in [4.69, 9.17) is 15.5 Å². The van der Waals surface area contributed by atoms with Gasteiger partial charge >= 0.3 is 5.97 Å². The fourth-order valence-electron chi connectivity index (χ4n) is 1.40. The highest BCUT2D eigenvalue weighted by Gasteiger charge is 2.20. The van der Waals surface area contributed by atoms with Gasteiger partial charge in [0.25, 0.3) is 0 Å². The number of rotatable bonds is 4. The van der Waals surface area contributed by atoms with Crippen molar-refractivity contribution in [1.29, 1.82) is 5.26 Å². The minimum atomic E-state index is -0.936. The van der Waals surface area contributed by atoms with Crippen LogP contribution >= 0.6 is 0 Å². The summed E-state index contributed by atoms with van der Waals surface area (Å²) in [6.07, 6.45) is -0.936. The van der Waals surface area contributed by atoms with E-state index in [1.165, 1.54) is 6.92 Å². The normalized spacial score (nSPS) is 10.7. The van der Waals surface area contributed by atoms with Crippen LogP contribution < -0.4 is 0 Å². The van der Waals surface area contributed by atoms with Gasteiger partial charge in [0.05, 0.1) is 11.6 Å². The first kappa shape index (κ1) is 13.3. The van der Waals surface area contributed by atoms with E-state index in [1.807, 2.05) is 6.07 Å². The molecular weight excluding hydrogens is 232 g/mol. The van der Waals surface area contributed by atoms with Gasteiger partial charge in [-0.25, -0.2) is 0 Å². The molecule has 1 unspecified atom stereocenters. The summed E-state index contributed by atoms with van der Waals surface area (Å²) in [6, 6.07) is 8.37. The molecule has 0 saturated heterocycles. The number of carbonyl (C=O) groups excluding carboxylic acids is 1. The lowest BCUT2D eigenvalue weighted by Crippen LogP contribution is -2.10. The fraction of sp³-hybridized carbons (Fsp3) is 0.167. The first-order chi connectivity index (χ1) is 8.60. The third-order valence-electron chi connectivity index (χ3n) is 2.12. The Hall–Kier alpha value is -2.77. The van der Waals surface area contributed by atoms with Crippen LogP contribution in [0.15, 0.2) is 41.5 Å². The summed E-state index contributed by atoms with van der Waals surface area (Å²) >= 11 is 0. The van der Waals surface area contributed by atoms with Gasteiger partial charge in [-0.3, -0.25) is 4.79 Å². The monoisotopic (exact) mass is 242 g/mol. The molecule has 6 heteroatoms. The average Bonchev–Trinajstić information content (AvgIpc) is 2.36. The molecule has 1 atom stereocenters. The number of hydrogen-bond acceptors (Lipinski definition) is 4. The molecule has 0 aliphatic carbocycles. The SMILES string of the molecule is C=C(C#N)C(OC(C)=O)c1ccccc1N=[N+]=[N-]. The first-order valence-electron chi connectivity index (χ1n) is 5.00. The van der Waals surface area contributed by atoms with Gasteiger partial charge in [-0.15, -0.1) is 0 Å². The quantitative estimate of drug-likeness (QED) is 0.266. The zero-order chi connectivity index (χ0) is 13.5. The van der Waals surface area contributed by atoms with E-state index in [2.05, 4.69) is 16.6 Å². The van der Waals surface area contributed by atoms with Gasteiger partial charge in [-0.1, -0.05) is 36.0 Å². The van der Waals surface area contributed by atoms with Crippen LogP contribution in [0.5, 0.6) is 0 Å². The Bertz CT molecular complexity index is 568.